The van der Waals surface area contributed by atoms with Crippen LogP contribution in [0.25, 0.3) is 11.0 Å². The highest BCUT2D eigenvalue weighted by atomic mass is 16.5. The fourth-order valence-corrected chi connectivity index (χ4v) is 5.39. The second-order valence-corrected chi connectivity index (χ2v) is 10.2. The minimum atomic E-state index is 0.136. The highest BCUT2D eigenvalue weighted by Gasteiger charge is 2.25. The molecule has 0 bridgehead atoms. The summed E-state index contributed by atoms with van der Waals surface area (Å²) in [5, 5.41) is 3.49. The number of anilines is 2. The number of ether oxygens (including phenoxy) is 4. The molecule has 3 aliphatic rings. The van der Waals surface area contributed by atoms with Crippen LogP contribution >= 0.6 is 0 Å². The fourth-order valence-electron chi connectivity index (χ4n) is 5.39. The Morgan fingerprint density at radius 2 is 1.56 bits per heavy atom. The van der Waals surface area contributed by atoms with Crippen LogP contribution < -0.4 is 19.7 Å². The first-order valence-electron chi connectivity index (χ1n) is 14.1. The van der Waals surface area contributed by atoms with E-state index in [1.54, 1.807) is 24.8 Å². The zero-order valence-electron chi connectivity index (χ0n) is 22.3. The van der Waals surface area contributed by atoms with Gasteiger partial charge in [0, 0.05) is 62.9 Å². The average molecular weight is 536 g/mol. The summed E-state index contributed by atoms with van der Waals surface area (Å²) in [6.45, 7) is 8.22. The molecule has 2 aromatic heterocycles. The summed E-state index contributed by atoms with van der Waals surface area (Å²) < 4.78 is 23.3. The van der Waals surface area contributed by atoms with Crippen molar-refractivity contribution in [1.82, 2.24) is 24.8 Å². The molecule has 3 aromatic rings. The van der Waals surface area contributed by atoms with Gasteiger partial charge in [0.25, 0.3) is 0 Å². The third kappa shape index (κ3) is 6.84. The Morgan fingerprint density at radius 3 is 2.33 bits per heavy atom. The van der Waals surface area contributed by atoms with E-state index in [1.807, 2.05) is 0 Å². The molecule has 0 atom stereocenters. The van der Waals surface area contributed by atoms with E-state index in [0.717, 1.165) is 107 Å². The third-order valence-corrected chi connectivity index (χ3v) is 7.61. The third-order valence-electron chi connectivity index (χ3n) is 7.61. The number of rotatable bonds is 9. The molecular weight excluding hydrogens is 498 g/mol. The summed E-state index contributed by atoms with van der Waals surface area (Å²) in [7, 11) is 0. The minimum Gasteiger partial charge on any atom is -0.489 e. The van der Waals surface area contributed by atoms with E-state index in [1.165, 1.54) is 0 Å². The maximum atomic E-state index is 6.55. The Bertz CT molecular complexity index is 1190. The first-order chi connectivity index (χ1) is 19.3. The van der Waals surface area contributed by atoms with Crippen molar-refractivity contribution in [3.63, 3.8) is 0 Å². The molecule has 11 nitrogen and oxygen atoms in total. The summed E-state index contributed by atoms with van der Waals surface area (Å²) >= 11 is 0. The summed E-state index contributed by atoms with van der Waals surface area (Å²) in [4.78, 5) is 22.7. The largest absolute Gasteiger partial charge is 0.489 e. The highest BCUT2D eigenvalue weighted by molar-refractivity contribution is 5.85. The molecule has 39 heavy (non-hydrogen) atoms. The van der Waals surface area contributed by atoms with Gasteiger partial charge in [0.15, 0.2) is 5.75 Å². The normalized spacial score (nSPS) is 22.5. The summed E-state index contributed by atoms with van der Waals surface area (Å²) in [5.74, 6) is 2.14. The van der Waals surface area contributed by atoms with E-state index >= 15 is 0 Å². The Labute approximate surface area is 228 Å². The number of hydrogen-bond acceptors (Lipinski definition) is 11. The summed E-state index contributed by atoms with van der Waals surface area (Å²) in [6, 6.07) is 4.53. The van der Waals surface area contributed by atoms with Gasteiger partial charge in [0.05, 0.1) is 50.4 Å². The van der Waals surface area contributed by atoms with Crippen LogP contribution in [-0.4, -0.2) is 103 Å². The van der Waals surface area contributed by atoms with Gasteiger partial charge in [-0.3, -0.25) is 9.88 Å². The number of hydrogen-bond donors (Lipinski definition) is 1. The van der Waals surface area contributed by atoms with E-state index in [-0.39, 0.29) is 6.10 Å². The number of morpholine rings is 2. The van der Waals surface area contributed by atoms with Gasteiger partial charge in [-0.25, -0.2) is 15.0 Å². The molecule has 2 saturated heterocycles. The van der Waals surface area contributed by atoms with Crippen LogP contribution in [-0.2, 0) is 9.47 Å². The number of nitrogens with one attached hydrogen (secondary N) is 1. The van der Waals surface area contributed by atoms with E-state index < -0.39 is 0 Å². The molecule has 0 radical (unpaired) electrons. The van der Waals surface area contributed by atoms with E-state index in [4.69, 9.17) is 18.9 Å². The smallest absolute Gasteiger partial charge is 0.223 e. The molecule has 0 amide bonds. The predicted octanol–water partition coefficient (Wildman–Crippen LogP) is 2.77. The number of nitrogens with zero attached hydrogens (tertiary/aromatic N) is 6. The lowest BCUT2D eigenvalue weighted by atomic mass is 9.93. The Morgan fingerprint density at radius 1 is 0.846 bits per heavy atom. The number of aromatic nitrogens is 4. The van der Waals surface area contributed by atoms with Gasteiger partial charge >= 0.3 is 0 Å². The van der Waals surface area contributed by atoms with Crippen LogP contribution in [0.1, 0.15) is 25.7 Å². The quantitative estimate of drug-likeness (QED) is 0.437. The predicted molar refractivity (Wildman–Crippen MR) is 148 cm³/mol. The van der Waals surface area contributed by atoms with Gasteiger partial charge < -0.3 is 29.2 Å². The van der Waals surface area contributed by atoms with Gasteiger partial charge in [-0.1, -0.05) is 0 Å². The fraction of sp³-hybridized carbons (Fsp3) is 0.571. The van der Waals surface area contributed by atoms with Crippen LogP contribution in [0.5, 0.6) is 11.5 Å². The lowest BCUT2D eigenvalue weighted by Gasteiger charge is -2.31. The zero-order chi connectivity index (χ0) is 26.3. The molecule has 2 aliphatic heterocycles. The average Bonchev–Trinajstić information content (AvgIpc) is 3.00. The van der Waals surface area contributed by atoms with E-state index in [9.17, 15) is 0 Å². The van der Waals surface area contributed by atoms with Crippen molar-refractivity contribution in [2.24, 2.45) is 0 Å². The van der Waals surface area contributed by atoms with Crippen molar-refractivity contribution in [3.05, 3.63) is 36.9 Å². The molecule has 208 valence electrons. The standard InChI is InChI=1S/C28H37N7O4/c1-3-23(39-26-18-22(35-10-14-37-15-11-35)17-25-27(26)30-6-5-29-25)4-2-21(1)33-28-31-19-24(20-32-28)38-16-9-34-7-12-36-13-8-34/h5-6,17-21,23H,1-4,7-16H2,(H,31,32,33)/t21-,23+. The number of fused-ring (bicyclic) bond motifs is 1. The van der Waals surface area contributed by atoms with Crippen LogP contribution in [0.3, 0.4) is 0 Å². The molecule has 4 heterocycles. The summed E-state index contributed by atoms with van der Waals surface area (Å²) in [5.41, 5.74) is 2.79. The van der Waals surface area contributed by atoms with Crippen LogP contribution in [0.4, 0.5) is 11.6 Å². The summed E-state index contributed by atoms with van der Waals surface area (Å²) in [6.07, 6.45) is 11.0. The van der Waals surface area contributed by atoms with Crippen molar-refractivity contribution >= 4 is 22.7 Å². The first-order valence-corrected chi connectivity index (χ1v) is 14.1. The van der Waals surface area contributed by atoms with Crippen molar-refractivity contribution in [2.45, 2.75) is 37.8 Å². The van der Waals surface area contributed by atoms with Crippen LogP contribution in [0.15, 0.2) is 36.9 Å². The topological polar surface area (TPSA) is 107 Å². The van der Waals surface area contributed by atoms with Crippen molar-refractivity contribution in [3.8, 4) is 11.5 Å². The Kier molecular flexibility index (Phi) is 8.47. The SMILES string of the molecule is c1cnc2c(O[C@H]3CC[C@@H](Nc4ncc(OCCN5CCOCC5)cn4)CC3)cc(N3CCOCC3)cc2n1. The molecule has 6 rings (SSSR count). The van der Waals surface area contributed by atoms with Crippen molar-refractivity contribution < 1.29 is 18.9 Å². The van der Waals surface area contributed by atoms with Gasteiger partial charge in [0.2, 0.25) is 5.95 Å². The zero-order valence-corrected chi connectivity index (χ0v) is 22.3. The van der Waals surface area contributed by atoms with E-state index in [2.05, 4.69) is 47.2 Å². The molecule has 1 aromatic carbocycles. The first kappa shape index (κ1) is 26.0. The van der Waals surface area contributed by atoms with Crippen LogP contribution in [0.2, 0.25) is 0 Å². The molecule has 11 heteroatoms. The van der Waals surface area contributed by atoms with Gasteiger partial charge in [-0.2, -0.15) is 0 Å². The molecule has 0 unspecified atom stereocenters. The van der Waals surface area contributed by atoms with Gasteiger partial charge in [0.1, 0.15) is 17.9 Å². The maximum Gasteiger partial charge on any atom is 0.223 e. The Hall–Kier alpha value is -3.28. The number of benzene rings is 1. The van der Waals surface area contributed by atoms with Gasteiger partial charge in [-0.15, -0.1) is 0 Å². The van der Waals surface area contributed by atoms with Crippen molar-refractivity contribution in [2.75, 3.05) is 76.0 Å². The second-order valence-electron chi connectivity index (χ2n) is 10.2. The van der Waals surface area contributed by atoms with Crippen LogP contribution in [0, 0.1) is 0 Å². The molecule has 1 N–H and O–H groups in total. The lowest BCUT2D eigenvalue weighted by Crippen LogP contribution is -2.38. The second kappa shape index (κ2) is 12.7. The minimum absolute atomic E-state index is 0.136. The molecular formula is C28H37N7O4. The van der Waals surface area contributed by atoms with Gasteiger partial charge in [-0.05, 0) is 31.7 Å². The van der Waals surface area contributed by atoms with E-state index in [0.29, 0.717) is 24.3 Å². The molecule has 1 saturated carbocycles. The maximum absolute atomic E-state index is 6.55. The monoisotopic (exact) mass is 535 g/mol. The lowest BCUT2D eigenvalue weighted by molar-refractivity contribution is 0.0322. The highest BCUT2D eigenvalue weighted by Crippen LogP contribution is 2.33. The molecule has 0 spiro atoms. The molecule has 3 fully saturated rings. The Balaban J connectivity index is 0.996. The van der Waals surface area contributed by atoms with Crippen molar-refractivity contribution in [1.29, 1.82) is 0 Å². The molecule has 1 aliphatic carbocycles.